The van der Waals surface area contributed by atoms with Crippen LogP contribution in [0.4, 0.5) is 5.13 Å². The van der Waals surface area contributed by atoms with Gasteiger partial charge in [0, 0.05) is 18.1 Å². The normalized spacial score (nSPS) is 18.3. The summed E-state index contributed by atoms with van der Waals surface area (Å²) in [6.07, 6.45) is 4.69. The maximum Gasteiger partial charge on any atom is 0.258 e. The van der Waals surface area contributed by atoms with Crippen molar-refractivity contribution in [3.8, 4) is 10.6 Å². The summed E-state index contributed by atoms with van der Waals surface area (Å²) in [5.41, 5.74) is 1.25. The van der Waals surface area contributed by atoms with Crippen LogP contribution in [-0.2, 0) is 14.8 Å². The Morgan fingerprint density at radius 3 is 2.96 bits per heavy atom. The van der Waals surface area contributed by atoms with Crippen LogP contribution in [0.2, 0.25) is 0 Å². The topological polar surface area (TPSA) is 91.7 Å². The molecule has 10 heteroatoms. The number of fused-ring (bicyclic) bond motifs is 1. The number of thiophene rings is 1. The lowest BCUT2D eigenvalue weighted by Gasteiger charge is -2.26. The van der Waals surface area contributed by atoms with E-state index in [0.717, 1.165) is 10.6 Å². The Labute approximate surface area is 152 Å². The summed E-state index contributed by atoms with van der Waals surface area (Å²) in [4.78, 5) is 19.5. The molecule has 25 heavy (non-hydrogen) atoms. The molecule has 2 aromatic heterocycles. The number of aromatic nitrogens is 1. The average Bonchev–Trinajstić information content (AvgIpc) is 3.24. The van der Waals surface area contributed by atoms with Gasteiger partial charge in [-0.1, -0.05) is 6.07 Å². The van der Waals surface area contributed by atoms with E-state index < -0.39 is 10.0 Å². The molecule has 4 rings (SSSR count). The fraction of sp³-hybridized carbons (Fsp3) is 0.133. The second kappa shape index (κ2) is 6.21. The summed E-state index contributed by atoms with van der Waals surface area (Å²) in [6.45, 7) is 0.280. The van der Waals surface area contributed by atoms with Crippen molar-refractivity contribution in [3.63, 3.8) is 0 Å². The molecular formula is C15H12N4O3S3. The van der Waals surface area contributed by atoms with Crippen molar-refractivity contribution in [1.29, 1.82) is 0 Å². The number of nitrogens with one attached hydrogen (secondary N) is 1. The SMILES string of the molecule is O=C(Nc1nc(-c2cccs2)cs1)C1=CN2CCS(=O)(=O)N=C2C=C1. The molecule has 0 fully saturated rings. The number of carbonyl (C=O) groups is 1. The van der Waals surface area contributed by atoms with Crippen molar-refractivity contribution in [2.45, 2.75) is 0 Å². The first kappa shape index (κ1) is 16.2. The number of anilines is 1. The highest BCUT2D eigenvalue weighted by Crippen LogP contribution is 2.28. The Balaban J connectivity index is 1.49. The molecule has 0 saturated carbocycles. The van der Waals surface area contributed by atoms with Gasteiger partial charge in [-0.05, 0) is 23.6 Å². The highest BCUT2D eigenvalue weighted by atomic mass is 32.2. The Bertz CT molecular complexity index is 1020. The van der Waals surface area contributed by atoms with Gasteiger partial charge in [-0.2, -0.15) is 0 Å². The van der Waals surface area contributed by atoms with Gasteiger partial charge in [-0.15, -0.1) is 27.1 Å². The van der Waals surface area contributed by atoms with Gasteiger partial charge in [-0.3, -0.25) is 10.1 Å². The van der Waals surface area contributed by atoms with Crippen LogP contribution in [0.15, 0.2) is 51.2 Å². The van der Waals surface area contributed by atoms with E-state index >= 15 is 0 Å². The van der Waals surface area contributed by atoms with E-state index in [1.165, 1.54) is 17.4 Å². The standard InChI is InChI=1S/C15H12N4O3S3/c20-14(17-15-16-11(9-24-15)12-2-1-6-23-12)10-3-4-13-18-25(21,22)7-5-19(13)8-10/h1-4,6,8-9H,5,7H2,(H,16,17,20). The van der Waals surface area contributed by atoms with Gasteiger partial charge in [0.25, 0.3) is 15.9 Å². The summed E-state index contributed by atoms with van der Waals surface area (Å²) in [5, 5.41) is 7.16. The van der Waals surface area contributed by atoms with Gasteiger partial charge in [-0.25, -0.2) is 13.4 Å². The van der Waals surface area contributed by atoms with Gasteiger partial charge < -0.3 is 4.90 Å². The first-order chi connectivity index (χ1) is 12.0. The molecule has 0 aliphatic carbocycles. The van der Waals surface area contributed by atoms with Gasteiger partial charge in [0.1, 0.15) is 5.84 Å². The average molecular weight is 392 g/mol. The van der Waals surface area contributed by atoms with Crippen LogP contribution in [0.5, 0.6) is 0 Å². The molecule has 0 bridgehead atoms. The van der Waals surface area contributed by atoms with Crippen LogP contribution in [0, 0.1) is 0 Å². The van der Waals surface area contributed by atoms with E-state index in [1.54, 1.807) is 28.5 Å². The Morgan fingerprint density at radius 2 is 2.16 bits per heavy atom. The minimum atomic E-state index is -3.40. The third-order valence-electron chi connectivity index (χ3n) is 3.58. The van der Waals surface area contributed by atoms with Gasteiger partial charge in [0.2, 0.25) is 0 Å². The Kier molecular flexibility index (Phi) is 4.02. The molecule has 7 nitrogen and oxygen atoms in total. The number of amidine groups is 1. The van der Waals surface area contributed by atoms with Crippen molar-refractivity contribution in [2.75, 3.05) is 17.6 Å². The minimum absolute atomic E-state index is 0.0631. The molecule has 2 aliphatic rings. The third kappa shape index (κ3) is 3.41. The summed E-state index contributed by atoms with van der Waals surface area (Å²) in [7, 11) is -3.40. The number of amides is 1. The highest BCUT2D eigenvalue weighted by molar-refractivity contribution is 7.90. The lowest BCUT2D eigenvalue weighted by molar-refractivity contribution is -0.112. The Morgan fingerprint density at radius 1 is 1.28 bits per heavy atom. The monoisotopic (exact) mass is 392 g/mol. The van der Waals surface area contributed by atoms with Gasteiger partial charge in [0.05, 0.1) is 21.9 Å². The first-order valence-corrected chi connectivity index (χ1v) is 10.7. The maximum atomic E-state index is 12.4. The molecule has 0 radical (unpaired) electrons. The van der Waals surface area contributed by atoms with E-state index in [-0.39, 0.29) is 18.2 Å². The lowest BCUT2D eigenvalue weighted by Crippen LogP contribution is -2.37. The Hall–Kier alpha value is -2.30. The molecule has 128 valence electrons. The largest absolute Gasteiger partial charge is 0.330 e. The predicted octanol–water partition coefficient (Wildman–Crippen LogP) is 2.31. The van der Waals surface area contributed by atoms with Crippen molar-refractivity contribution in [3.05, 3.63) is 46.8 Å². The summed E-state index contributed by atoms with van der Waals surface area (Å²) in [6, 6.07) is 3.93. The number of carbonyl (C=O) groups excluding carboxylic acids is 1. The fourth-order valence-electron chi connectivity index (χ4n) is 2.37. The molecule has 0 saturated heterocycles. The second-order valence-corrected chi connectivity index (χ2v) is 8.88. The fourth-order valence-corrected chi connectivity index (χ4v) is 4.81. The summed E-state index contributed by atoms with van der Waals surface area (Å²) in [5.74, 6) is -0.0281. The molecule has 1 N–H and O–H groups in total. The molecule has 1 amide bonds. The summed E-state index contributed by atoms with van der Waals surface area (Å²) >= 11 is 2.95. The van der Waals surface area contributed by atoms with Crippen LogP contribution >= 0.6 is 22.7 Å². The molecule has 0 atom stereocenters. The lowest BCUT2D eigenvalue weighted by atomic mass is 10.2. The molecule has 4 heterocycles. The van der Waals surface area contributed by atoms with Crippen molar-refractivity contribution in [1.82, 2.24) is 9.88 Å². The summed E-state index contributed by atoms with van der Waals surface area (Å²) < 4.78 is 26.7. The van der Waals surface area contributed by atoms with E-state index in [1.807, 2.05) is 22.9 Å². The molecule has 0 spiro atoms. The van der Waals surface area contributed by atoms with E-state index in [0.29, 0.717) is 16.5 Å². The molecule has 0 aromatic carbocycles. The minimum Gasteiger partial charge on any atom is -0.330 e. The number of hydrogen-bond acceptors (Lipinski definition) is 7. The number of nitrogens with zero attached hydrogens (tertiary/aromatic N) is 3. The van der Waals surface area contributed by atoms with Crippen LogP contribution in [0.25, 0.3) is 10.6 Å². The van der Waals surface area contributed by atoms with Gasteiger partial charge in [0.15, 0.2) is 5.13 Å². The van der Waals surface area contributed by atoms with Crippen molar-refractivity contribution in [2.24, 2.45) is 4.40 Å². The molecule has 0 unspecified atom stereocenters. The molecule has 2 aliphatic heterocycles. The molecular weight excluding hydrogens is 380 g/mol. The third-order valence-corrected chi connectivity index (χ3v) is 6.40. The zero-order chi connectivity index (χ0) is 17.4. The molecule has 2 aromatic rings. The number of rotatable bonds is 3. The van der Waals surface area contributed by atoms with E-state index in [2.05, 4.69) is 14.7 Å². The zero-order valence-electron chi connectivity index (χ0n) is 12.7. The van der Waals surface area contributed by atoms with Crippen molar-refractivity contribution >= 4 is 49.6 Å². The maximum absolute atomic E-state index is 12.4. The second-order valence-electron chi connectivity index (χ2n) is 5.32. The number of thiazole rings is 1. The van der Waals surface area contributed by atoms with Crippen LogP contribution in [0.3, 0.4) is 0 Å². The van der Waals surface area contributed by atoms with Crippen LogP contribution in [-0.4, -0.2) is 42.3 Å². The number of hydrogen-bond donors (Lipinski definition) is 1. The quantitative estimate of drug-likeness (QED) is 0.865. The smallest absolute Gasteiger partial charge is 0.258 e. The predicted molar refractivity (Wildman–Crippen MR) is 99.2 cm³/mol. The van der Waals surface area contributed by atoms with Crippen LogP contribution < -0.4 is 5.32 Å². The first-order valence-electron chi connectivity index (χ1n) is 7.30. The van der Waals surface area contributed by atoms with Crippen LogP contribution in [0.1, 0.15) is 0 Å². The number of sulfonamides is 1. The van der Waals surface area contributed by atoms with E-state index in [4.69, 9.17) is 0 Å². The van der Waals surface area contributed by atoms with Crippen molar-refractivity contribution < 1.29 is 13.2 Å². The van der Waals surface area contributed by atoms with Gasteiger partial charge >= 0.3 is 0 Å². The highest BCUT2D eigenvalue weighted by Gasteiger charge is 2.25. The zero-order valence-corrected chi connectivity index (χ0v) is 15.2. The van der Waals surface area contributed by atoms with E-state index in [9.17, 15) is 13.2 Å².